The number of piperazine rings is 1. The van der Waals surface area contributed by atoms with E-state index < -0.39 is 6.04 Å². The zero-order chi connectivity index (χ0) is 21.1. The number of carbonyl (C=O) groups is 1. The predicted molar refractivity (Wildman–Crippen MR) is 116 cm³/mol. The molecule has 0 bridgehead atoms. The van der Waals surface area contributed by atoms with Gasteiger partial charge >= 0.3 is 19.8 Å². The number of fused-ring (bicyclic) bond motifs is 1. The number of methoxy groups -OCH3 is 1. The molecule has 0 aromatic heterocycles. The molecule has 166 valence electrons. The van der Waals surface area contributed by atoms with E-state index in [2.05, 4.69) is 5.32 Å². The van der Waals surface area contributed by atoms with Crippen LogP contribution in [0.15, 0.2) is 42.5 Å². The molecule has 3 N–H and O–H groups in total. The molecule has 6 nitrogen and oxygen atoms in total. The van der Waals surface area contributed by atoms with E-state index in [9.17, 15) is 9.18 Å². The van der Waals surface area contributed by atoms with E-state index in [1.54, 1.807) is 30.6 Å². The molecule has 8 heteroatoms. The fourth-order valence-corrected chi connectivity index (χ4v) is 4.03. The van der Waals surface area contributed by atoms with Gasteiger partial charge in [-0.05, 0) is 42.3 Å². The van der Waals surface area contributed by atoms with Gasteiger partial charge in [-0.2, -0.15) is 5.92 Å². The number of nitrogens with zero attached hydrogens (tertiary/aromatic N) is 2. The Kier molecular flexibility index (Phi) is 7.80. The van der Waals surface area contributed by atoms with Crippen molar-refractivity contribution in [1.29, 1.82) is 0 Å². The van der Waals surface area contributed by atoms with E-state index in [4.69, 9.17) is 10.5 Å². The number of rotatable bonds is 5. The maximum Gasteiger partial charge on any atom is 2.00 e. The third kappa shape index (κ3) is 5.31. The van der Waals surface area contributed by atoms with Gasteiger partial charge < -0.3 is 30.4 Å². The summed E-state index contributed by atoms with van der Waals surface area (Å²) in [4.78, 5) is 16.5. The Labute approximate surface area is 196 Å². The summed E-state index contributed by atoms with van der Waals surface area (Å²) in [5.74, 6) is 0.509. The molecule has 1 fully saturated rings. The Hall–Kier alpha value is -2.29. The van der Waals surface area contributed by atoms with Crippen molar-refractivity contribution >= 4 is 17.3 Å². The topological polar surface area (TPSA) is 70.8 Å². The number of ether oxygens (including phenoxy) is 1. The number of hydrogen-bond acceptors (Lipinski definition) is 5. The van der Waals surface area contributed by atoms with Crippen LogP contribution in [0.5, 0.6) is 5.75 Å². The summed E-state index contributed by atoms with van der Waals surface area (Å²) in [6, 6.07) is 12.2. The second-order valence-electron chi connectivity index (χ2n) is 7.71. The van der Waals surface area contributed by atoms with Crippen molar-refractivity contribution in [1.82, 2.24) is 4.90 Å². The summed E-state index contributed by atoms with van der Waals surface area (Å²) in [6.07, 6.45) is 2.35. The summed E-state index contributed by atoms with van der Waals surface area (Å²) in [5.41, 5.74) is 9.10. The quantitative estimate of drug-likeness (QED) is 0.517. The number of nitrogens with one attached hydrogen (secondary N) is 1. The summed E-state index contributed by atoms with van der Waals surface area (Å²) in [7, 11) is 1.64. The van der Waals surface area contributed by atoms with Crippen molar-refractivity contribution in [3.63, 3.8) is 0 Å². The molecule has 2 aliphatic rings. The van der Waals surface area contributed by atoms with Crippen LogP contribution < -0.4 is 20.7 Å². The van der Waals surface area contributed by atoms with Crippen LogP contribution in [0.3, 0.4) is 0 Å². The summed E-state index contributed by atoms with van der Waals surface area (Å²) in [6.45, 7) is 4.24. The molecule has 31 heavy (non-hydrogen) atoms. The number of halogens is 1. The van der Waals surface area contributed by atoms with Crippen LogP contribution >= 0.6 is 0 Å². The molecule has 2 atom stereocenters. The molecule has 0 aliphatic carbocycles. The molecule has 2 aromatic carbocycles. The summed E-state index contributed by atoms with van der Waals surface area (Å²) < 4.78 is 19.3. The molecular formula is C23H27FN4O2Os. The van der Waals surface area contributed by atoms with Crippen molar-refractivity contribution in [3.05, 3.63) is 66.8 Å². The van der Waals surface area contributed by atoms with Gasteiger partial charge in [-0.3, -0.25) is 6.42 Å². The number of carbonyl (C=O) groups excluding carboxylic acids is 1. The minimum atomic E-state index is -0.394. The zero-order valence-corrected chi connectivity index (χ0v) is 19.9. The van der Waals surface area contributed by atoms with Gasteiger partial charge in [0.15, 0.2) is 0 Å². The Morgan fingerprint density at radius 2 is 2.00 bits per heavy atom. The minimum absolute atomic E-state index is 0. The van der Waals surface area contributed by atoms with Crippen LogP contribution in [0.2, 0.25) is 0 Å². The van der Waals surface area contributed by atoms with Crippen LogP contribution in [0.25, 0.3) is 0 Å². The van der Waals surface area contributed by atoms with Crippen LogP contribution in [-0.4, -0.2) is 50.1 Å². The van der Waals surface area contributed by atoms with Gasteiger partial charge in [0.1, 0.15) is 11.6 Å². The normalized spacial score (nSPS) is 18.9. The van der Waals surface area contributed by atoms with Crippen molar-refractivity contribution < 1.29 is 33.7 Å². The molecule has 4 rings (SSSR count). The van der Waals surface area contributed by atoms with E-state index in [-0.39, 0.29) is 37.4 Å². The molecule has 2 aliphatic heterocycles. The standard InChI is InChI=1S/C23H27FN4O2.Os/c1-30-18-6-7-21-16(13-18)12-17(15-26-21)20(25)14-23(29)28-10-8-27(9-11-28)22-5-3-2-4-19(22)24;/h2-7,13-15,17,20,26H,8-12,25H2,1H3;/q-2;+2. The van der Waals surface area contributed by atoms with Gasteiger partial charge in [0.25, 0.3) is 0 Å². The molecule has 1 amide bonds. The van der Waals surface area contributed by atoms with Crippen LogP contribution in [-0.2, 0) is 31.0 Å². The third-order valence-electron chi connectivity index (χ3n) is 5.83. The minimum Gasteiger partial charge on any atom is -0.535 e. The van der Waals surface area contributed by atoms with Gasteiger partial charge in [0.05, 0.1) is 18.7 Å². The van der Waals surface area contributed by atoms with E-state index in [0.29, 0.717) is 31.9 Å². The molecule has 2 aromatic rings. The van der Waals surface area contributed by atoms with E-state index in [0.717, 1.165) is 23.4 Å². The van der Waals surface area contributed by atoms with Crippen molar-refractivity contribution in [2.75, 3.05) is 43.5 Å². The zero-order valence-electron chi connectivity index (χ0n) is 17.4. The monoisotopic (exact) mass is 602 g/mol. The Morgan fingerprint density at radius 3 is 2.71 bits per heavy atom. The Balaban J connectivity index is 0.00000272. The van der Waals surface area contributed by atoms with E-state index in [1.807, 2.05) is 35.7 Å². The first kappa shape index (κ1) is 23.4. The van der Waals surface area contributed by atoms with Crippen LogP contribution in [0.1, 0.15) is 5.56 Å². The smallest absolute Gasteiger partial charge is 0.535 e. The fraction of sp³-hybridized carbons (Fsp3) is 0.348. The van der Waals surface area contributed by atoms with E-state index >= 15 is 0 Å². The number of hydrogen-bond donors (Lipinski definition) is 2. The molecular weight excluding hydrogens is 574 g/mol. The second-order valence-corrected chi connectivity index (χ2v) is 7.71. The van der Waals surface area contributed by atoms with Gasteiger partial charge in [-0.15, -0.1) is 6.04 Å². The largest absolute Gasteiger partial charge is 2.00 e. The average Bonchev–Trinajstić information content (AvgIpc) is 2.78. The van der Waals surface area contributed by atoms with E-state index in [1.165, 1.54) is 6.07 Å². The van der Waals surface area contributed by atoms with Gasteiger partial charge in [-0.1, -0.05) is 12.1 Å². The maximum atomic E-state index is 14.0. The molecule has 1 saturated heterocycles. The molecule has 2 unspecified atom stereocenters. The van der Waals surface area contributed by atoms with Crippen molar-refractivity contribution in [3.8, 4) is 5.75 Å². The maximum absolute atomic E-state index is 14.0. The number of amides is 1. The molecule has 0 spiro atoms. The van der Waals surface area contributed by atoms with Crippen molar-refractivity contribution in [2.45, 2.75) is 12.5 Å². The van der Waals surface area contributed by atoms with Gasteiger partial charge in [-0.25, -0.2) is 10.9 Å². The SMILES string of the molecule is COc1ccc2c(c1)CC(C(N)[CH-]C(=O)N1CCN(c3ccccc3F)CC1)[CH-]N2.[Os+2]. The average molecular weight is 601 g/mol. The van der Waals surface area contributed by atoms with Crippen LogP contribution in [0.4, 0.5) is 15.8 Å². The predicted octanol–water partition coefficient (Wildman–Crippen LogP) is 2.46. The molecule has 0 saturated carbocycles. The molecule has 0 radical (unpaired) electrons. The number of para-hydroxylation sites is 1. The summed E-state index contributed by atoms with van der Waals surface area (Å²) >= 11 is 0. The van der Waals surface area contributed by atoms with Gasteiger partial charge in [0.2, 0.25) is 0 Å². The van der Waals surface area contributed by atoms with Gasteiger partial charge in [0, 0.05) is 31.9 Å². The Bertz CT molecular complexity index is 905. The number of nitrogens with two attached hydrogens (primary N) is 1. The molecule has 2 heterocycles. The third-order valence-corrected chi connectivity index (χ3v) is 5.83. The van der Waals surface area contributed by atoms with Crippen molar-refractivity contribution in [2.24, 2.45) is 11.7 Å². The summed E-state index contributed by atoms with van der Waals surface area (Å²) in [5, 5.41) is 3.28. The first-order chi connectivity index (χ1) is 14.5. The Morgan fingerprint density at radius 1 is 1.26 bits per heavy atom. The fourth-order valence-electron chi connectivity index (χ4n) is 4.03. The second kappa shape index (κ2) is 10.3. The first-order valence-corrected chi connectivity index (χ1v) is 10.2. The number of benzene rings is 2. The first-order valence-electron chi connectivity index (χ1n) is 10.2. The van der Waals surface area contributed by atoms with Crippen LogP contribution in [0, 0.1) is 24.7 Å². The number of anilines is 2.